The van der Waals surface area contributed by atoms with Crippen LogP contribution in [0.2, 0.25) is 0 Å². The molecule has 6 heteroatoms. The summed E-state index contributed by atoms with van der Waals surface area (Å²) in [6.45, 7) is 2.30. The Morgan fingerprint density at radius 1 is 0.643 bits per heavy atom. The highest BCUT2D eigenvalue weighted by molar-refractivity contribution is 7.89. The predicted molar refractivity (Wildman–Crippen MR) is 110 cm³/mol. The fourth-order valence-electron chi connectivity index (χ4n) is 3.28. The van der Waals surface area contributed by atoms with Crippen LogP contribution in [0.3, 0.4) is 0 Å². The second-order valence-corrected chi connectivity index (χ2v) is 8.55. The van der Waals surface area contributed by atoms with Crippen molar-refractivity contribution in [1.29, 1.82) is 0 Å². The van der Waals surface area contributed by atoms with E-state index in [1.54, 1.807) is 28.6 Å². The van der Waals surface area contributed by atoms with E-state index in [1.165, 1.54) is 0 Å². The fourth-order valence-corrected chi connectivity index (χ4v) is 4.70. The summed E-state index contributed by atoms with van der Waals surface area (Å²) in [5.41, 5.74) is 1.13. The molecule has 1 fully saturated rings. The van der Waals surface area contributed by atoms with Crippen molar-refractivity contribution in [2.24, 2.45) is 0 Å². The lowest BCUT2D eigenvalue weighted by molar-refractivity contribution is 0.385. The molecule has 144 valence electrons. The molecule has 0 spiro atoms. The molecule has 0 N–H and O–H groups in total. The average molecular weight is 394 g/mol. The third-order valence-electron chi connectivity index (χ3n) is 4.80. The quantitative estimate of drug-likeness (QED) is 0.657. The predicted octanol–water partition coefficient (Wildman–Crippen LogP) is 3.99. The highest BCUT2D eigenvalue weighted by Gasteiger charge is 2.28. The molecule has 1 aliphatic heterocycles. The molecular weight excluding hydrogens is 372 g/mol. The van der Waals surface area contributed by atoms with Gasteiger partial charge in [-0.2, -0.15) is 4.31 Å². The lowest BCUT2D eigenvalue weighted by Crippen LogP contribution is -2.48. The van der Waals surface area contributed by atoms with E-state index in [9.17, 15) is 8.42 Å². The maximum atomic E-state index is 13.0. The van der Waals surface area contributed by atoms with E-state index in [2.05, 4.69) is 17.0 Å². The summed E-state index contributed by atoms with van der Waals surface area (Å²) < 4.78 is 33.2. The van der Waals surface area contributed by atoms with Crippen LogP contribution in [-0.4, -0.2) is 38.9 Å². The molecule has 5 nitrogen and oxygen atoms in total. The minimum Gasteiger partial charge on any atom is -0.457 e. The van der Waals surface area contributed by atoms with E-state index >= 15 is 0 Å². The van der Waals surface area contributed by atoms with Crippen LogP contribution in [0.4, 0.5) is 5.69 Å². The van der Waals surface area contributed by atoms with Crippen LogP contribution in [0.1, 0.15) is 0 Å². The second kappa shape index (κ2) is 8.04. The van der Waals surface area contributed by atoms with E-state index in [4.69, 9.17) is 4.74 Å². The van der Waals surface area contributed by atoms with E-state index in [-0.39, 0.29) is 0 Å². The largest absolute Gasteiger partial charge is 0.457 e. The first-order chi connectivity index (χ1) is 13.6. The lowest BCUT2D eigenvalue weighted by Gasteiger charge is -2.35. The summed E-state index contributed by atoms with van der Waals surface area (Å²) in [6.07, 6.45) is 0. The first-order valence-electron chi connectivity index (χ1n) is 9.26. The maximum Gasteiger partial charge on any atom is 0.243 e. The molecule has 3 aromatic rings. The van der Waals surface area contributed by atoms with Crippen LogP contribution < -0.4 is 9.64 Å². The van der Waals surface area contributed by atoms with Crippen LogP contribution in [-0.2, 0) is 10.0 Å². The topological polar surface area (TPSA) is 49.9 Å². The van der Waals surface area contributed by atoms with E-state index < -0.39 is 10.0 Å². The van der Waals surface area contributed by atoms with Crippen LogP contribution in [0, 0.1) is 0 Å². The number of ether oxygens (including phenoxy) is 1. The number of rotatable bonds is 5. The molecule has 0 saturated carbocycles. The summed E-state index contributed by atoms with van der Waals surface area (Å²) in [4.78, 5) is 2.50. The SMILES string of the molecule is O=S(=O)(c1ccc(Oc2ccccc2)cc1)N1CCN(c2ccccc2)CC1. The Kier molecular flexibility index (Phi) is 5.32. The van der Waals surface area contributed by atoms with Crippen LogP contribution in [0.25, 0.3) is 0 Å². The molecule has 1 saturated heterocycles. The van der Waals surface area contributed by atoms with Crippen LogP contribution in [0.5, 0.6) is 11.5 Å². The number of nitrogens with zero attached hydrogens (tertiary/aromatic N) is 2. The third kappa shape index (κ3) is 4.03. The van der Waals surface area contributed by atoms with Gasteiger partial charge < -0.3 is 9.64 Å². The summed E-state index contributed by atoms with van der Waals surface area (Å²) in [6, 6.07) is 26.1. The zero-order chi connectivity index (χ0) is 19.4. The van der Waals surface area contributed by atoms with Gasteiger partial charge in [0.25, 0.3) is 0 Å². The molecule has 0 aromatic heterocycles. The van der Waals surface area contributed by atoms with E-state index in [1.807, 2.05) is 48.5 Å². The molecule has 4 rings (SSSR count). The van der Waals surface area contributed by atoms with Gasteiger partial charge in [0.1, 0.15) is 11.5 Å². The Bertz CT molecular complexity index is 999. The Hall–Kier alpha value is -2.83. The Balaban J connectivity index is 1.42. The second-order valence-electron chi connectivity index (χ2n) is 6.61. The Labute approximate surface area is 165 Å². The minimum absolute atomic E-state index is 0.293. The fraction of sp³-hybridized carbons (Fsp3) is 0.182. The molecule has 28 heavy (non-hydrogen) atoms. The first kappa shape index (κ1) is 18.5. The van der Waals surface area contributed by atoms with Crippen molar-refractivity contribution in [1.82, 2.24) is 4.31 Å². The highest BCUT2D eigenvalue weighted by atomic mass is 32.2. The van der Waals surface area contributed by atoms with Gasteiger partial charge in [-0.05, 0) is 48.5 Å². The van der Waals surface area contributed by atoms with Crippen molar-refractivity contribution in [3.63, 3.8) is 0 Å². The normalized spacial score (nSPS) is 15.4. The van der Waals surface area contributed by atoms with Gasteiger partial charge in [-0.3, -0.25) is 0 Å². The van der Waals surface area contributed by atoms with Gasteiger partial charge in [0, 0.05) is 31.9 Å². The Morgan fingerprint density at radius 2 is 1.18 bits per heavy atom. The first-order valence-corrected chi connectivity index (χ1v) is 10.7. The van der Waals surface area contributed by atoms with Crippen molar-refractivity contribution < 1.29 is 13.2 Å². The Morgan fingerprint density at radius 3 is 1.79 bits per heavy atom. The molecule has 0 amide bonds. The molecule has 0 aliphatic carbocycles. The van der Waals surface area contributed by atoms with Gasteiger partial charge in [-0.1, -0.05) is 36.4 Å². The number of hydrogen-bond acceptors (Lipinski definition) is 4. The summed E-state index contributed by atoms with van der Waals surface area (Å²) in [5.74, 6) is 1.33. The molecule has 0 unspecified atom stereocenters. The van der Waals surface area contributed by atoms with Crippen molar-refractivity contribution in [3.8, 4) is 11.5 Å². The molecular formula is C22H22N2O3S. The van der Waals surface area contributed by atoms with Crippen molar-refractivity contribution >= 4 is 15.7 Å². The van der Waals surface area contributed by atoms with Gasteiger partial charge in [0.05, 0.1) is 4.90 Å². The van der Waals surface area contributed by atoms with Gasteiger partial charge in [0.2, 0.25) is 10.0 Å². The smallest absolute Gasteiger partial charge is 0.243 e. The van der Waals surface area contributed by atoms with Crippen LogP contribution in [0.15, 0.2) is 89.8 Å². The standard InChI is InChI=1S/C22H22N2O3S/c25-28(26,24-17-15-23(16-18-24)19-7-3-1-4-8-19)22-13-11-21(12-14-22)27-20-9-5-2-6-10-20/h1-14H,15-18H2. The molecule has 1 heterocycles. The number of sulfonamides is 1. The summed E-state index contributed by atoms with van der Waals surface area (Å²) in [7, 11) is -3.51. The average Bonchev–Trinajstić information content (AvgIpc) is 2.76. The maximum absolute atomic E-state index is 13.0. The molecule has 0 bridgehead atoms. The van der Waals surface area contributed by atoms with Crippen molar-refractivity contribution in [2.75, 3.05) is 31.1 Å². The van der Waals surface area contributed by atoms with Gasteiger partial charge in [0.15, 0.2) is 0 Å². The van der Waals surface area contributed by atoms with Crippen molar-refractivity contribution in [3.05, 3.63) is 84.9 Å². The van der Waals surface area contributed by atoms with Gasteiger partial charge in [-0.15, -0.1) is 0 Å². The van der Waals surface area contributed by atoms with Gasteiger partial charge in [-0.25, -0.2) is 8.42 Å². The lowest BCUT2D eigenvalue weighted by atomic mass is 10.2. The number of para-hydroxylation sites is 2. The van der Waals surface area contributed by atoms with E-state index in [0.717, 1.165) is 11.4 Å². The number of anilines is 1. The molecule has 0 atom stereocenters. The summed E-state index contributed by atoms with van der Waals surface area (Å²) >= 11 is 0. The van der Waals surface area contributed by atoms with Gasteiger partial charge >= 0.3 is 0 Å². The van der Waals surface area contributed by atoms with Crippen LogP contribution >= 0.6 is 0 Å². The number of benzene rings is 3. The zero-order valence-electron chi connectivity index (χ0n) is 15.4. The molecule has 3 aromatic carbocycles. The number of piperazine rings is 1. The highest BCUT2D eigenvalue weighted by Crippen LogP contribution is 2.25. The van der Waals surface area contributed by atoms with Crippen molar-refractivity contribution in [2.45, 2.75) is 4.90 Å². The summed E-state index contributed by atoms with van der Waals surface area (Å²) in [5, 5.41) is 0. The minimum atomic E-state index is -3.51. The number of hydrogen-bond donors (Lipinski definition) is 0. The molecule has 0 radical (unpaired) electrons. The third-order valence-corrected chi connectivity index (χ3v) is 6.71. The van der Waals surface area contributed by atoms with E-state index in [0.29, 0.717) is 36.8 Å². The zero-order valence-corrected chi connectivity index (χ0v) is 16.3. The molecule has 1 aliphatic rings. The monoisotopic (exact) mass is 394 g/mol.